The average molecular weight is 232 g/mol. The van der Waals surface area contributed by atoms with E-state index >= 15 is 0 Å². The molecular weight excluding hydrogens is 212 g/mol. The fourth-order valence-electron chi connectivity index (χ4n) is 2.27. The van der Waals surface area contributed by atoms with Gasteiger partial charge in [-0.2, -0.15) is 0 Å². The van der Waals surface area contributed by atoms with Gasteiger partial charge in [0.15, 0.2) is 0 Å². The predicted octanol–water partition coefficient (Wildman–Crippen LogP) is 2.28. The van der Waals surface area contributed by atoms with E-state index in [1.165, 1.54) is 5.56 Å². The standard InChI is InChI=1S/C14H20N2O/c1-11(2)9-16-10-13(15-14(16)17)8-12-6-4-3-5-7-12/h3-7,11,13H,8-10H2,1-2H3,(H,15,17). The molecule has 3 heteroatoms. The monoisotopic (exact) mass is 232 g/mol. The molecule has 0 aromatic heterocycles. The van der Waals surface area contributed by atoms with Gasteiger partial charge in [-0.05, 0) is 17.9 Å². The van der Waals surface area contributed by atoms with E-state index in [2.05, 4.69) is 31.3 Å². The first-order valence-corrected chi connectivity index (χ1v) is 6.24. The fraction of sp³-hybridized carbons (Fsp3) is 0.500. The highest BCUT2D eigenvalue weighted by atomic mass is 16.2. The van der Waals surface area contributed by atoms with Crippen molar-refractivity contribution in [3.05, 3.63) is 35.9 Å². The number of rotatable bonds is 4. The second-order valence-electron chi connectivity index (χ2n) is 5.13. The zero-order chi connectivity index (χ0) is 12.3. The summed E-state index contributed by atoms with van der Waals surface area (Å²) < 4.78 is 0. The summed E-state index contributed by atoms with van der Waals surface area (Å²) in [5.74, 6) is 0.524. The van der Waals surface area contributed by atoms with Gasteiger partial charge in [0, 0.05) is 13.1 Å². The number of urea groups is 1. The first kappa shape index (κ1) is 12.0. The lowest BCUT2D eigenvalue weighted by atomic mass is 10.1. The van der Waals surface area contributed by atoms with Crippen LogP contribution in [0.15, 0.2) is 30.3 Å². The molecule has 1 fully saturated rings. The van der Waals surface area contributed by atoms with Crippen LogP contribution in [0, 0.1) is 5.92 Å². The largest absolute Gasteiger partial charge is 0.333 e. The number of amides is 2. The molecule has 3 nitrogen and oxygen atoms in total. The van der Waals surface area contributed by atoms with Crippen molar-refractivity contribution >= 4 is 6.03 Å². The minimum atomic E-state index is 0.0830. The molecule has 0 aliphatic carbocycles. The Kier molecular flexibility index (Phi) is 3.67. The summed E-state index contributed by atoms with van der Waals surface area (Å²) in [4.78, 5) is 13.6. The van der Waals surface area contributed by atoms with Crippen molar-refractivity contribution in [1.29, 1.82) is 0 Å². The Labute approximate surface area is 103 Å². The van der Waals surface area contributed by atoms with Gasteiger partial charge in [-0.3, -0.25) is 0 Å². The van der Waals surface area contributed by atoms with Gasteiger partial charge >= 0.3 is 6.03 Å². The third-order valence-corrected chi connectivity index (χ3v) is 2.97. The van der Waals surface area contributed by atoms with Crippen LogP contribution in [0.5, 0.6) is 0 Å². The molecule has 0 spiro atoms. The van der Waals surface area contributed by atoms with Gasteiger partial charge in [0.1, 0.15) is 0 Å². The highest BCUT2D eigenvalue weighted by Crippen LogP contribution is 2.11. The van der Waals surface area contributed by atoms with E-state index in [1.54, 1.807) is 0 Å². The van der Waals surface area contributed by atoms with Crippen molar-refractivity contribution in [2.24, 2.45) is 5.92 Å². The Hall–Kier alpha value is -1.51. The van der Waals surface area contributed by atoms with E-state index in [-0.39, 0.29) is 12.1 Å². The highest BCUT2D eigenvalue weighted by molar-refractivity contribution is 5.76. The lowest BCUT2D eigenvalue weighted by molar-refractivity contribution is 0.211. The van der Waals surface area contributed by atoms with Gasteiger partial charge in [-0.15, -0.1) is 0 Å². The Balaban J connectivity index is 1.91. The number of hydrogen-bond acceptors (Lipinski definition) is 1. The van der Waals surface area contributed by atoms with E-state index in [9.17, 15) is 4.79 Å². The molecule has 17 heavy (non-hydrogen) atoms. The average Bonchev–Trinajstić information content (AvgIpc) is 2.59. The Bertz CT molecular complexity index is 375. The molecule has 1 atom stereocenters. The summed E-state index contributed by atoms with van der Waals surface area (Å²) in [5, 5.41) is 3.04. The van der Waals surface area contributed by atoms with E-state index in [1.807, 2.05) is 23.1 Å². The molecule has 0 saturated carbocycles. The second kappa shape index (κ2) is 5.21. The number of hydrogen-bond donors (Lipinski definition) is 1. The van der Waals surface area contributed by atoms with Crippen LogP contribution in [0.2, 0.25) is 0 Å². The smallest absolute Gasteiger partial charge is 0.317 e. The van der Waals surface area contributed by atoms with Crippen LogP contribution in [0.1, 0.15) is 19.4 Å². The van der Waals surface area contributed by atoms with Gasteiger partial charge in [0.25, 0.3) is 0 Å². The van der Waals surface area contributed by atoms with E-state index in [0.717, 1.165) is 19.5 Å². The highest BCUT2D eigenvalue weighted by Gasteiger charge is 2.28. The first-order chi connectivity index (χ1) is 8.15. The summed E-state index contributed by atoms with van der Waals surface area (Å²) >= 11 is 0. The Morgan fingerprint density at radius 1 is 1.35 bits per heavy atom. The maximum absolute atomic E-state index is 11.7. The number of carbonyl (C=O) groups is 1. The SMILES string of the molecule is CC(C)CN1CC(Cc2ccccc2)NC1=O. The van der Waals surface area contributed by atoms with Crippen LogP contribution in [0.25, 0.3) is 0 Å². The van der Waals surface area contributed by atoms with Gasteiger partial charge in [-0.1, -0.05) is 44.2 Å². The lowest BCUT2D eigenvalue weighted by Gasteiger charge is -2.16. The van der Waals surface area contributed by atoms with E-state index in [4.69, 9.17) is 0 Å². The van der Waals surface area contributed by atoms with Gasteiger partial charge in [0.05, 0.1) is 6.04 Å². The Morgan fingerprint density at radius 3 is 2.71 bits per heavy atom. The van der Waals surface area contributed by atoms with Crippen molar-refractivity contribution in [1.82, 2.24) is 10.2 Å². The van der Waals surface area contributed by atoms with Crippen LogP contribution in [-0.2, 0) is 6.42 Å². The normalized spacial score (nSPS) is 19.8. The molecular formula is C14H20N2O. The number of benzene rings is 1. The maximum Gasteiger partial charge on any atom is 0.317 e. The van der Waals surface area contributed by atoms with Gasteiger partial charge in [0.2, 0.25) is 0 Å². The molecule has 1 aromatic carbocycles. The summed E-state index contributed by atoms with van der Waals surface area (Å²) in [6, 6.07) is 10.6. The van der Waals surface area contributed by atoms with Gasteiger partial charge < -0.3 is 10.2 Å². The lowest BCUT2D eigenvalue weighted by Crippen LogP contribution is -2.31. The molecule has 1 unspecified atom stereocenters. The molecule has 92 valence electrons. The minimum absolute atomic E-state index is 0.0830. The zero-order valence-electron chi connectivity index (χ0n) is 10.5. The molecule has 1 saturated heterocycles. The van der Waals surface area contributed by atoms with Crippen molar-refractivity contribution < 1.29 is 4.79 Å². The minimum Gasteiger partial charge on any atom is -0.333 e. The third-order valence-electron chi connectivity index (χ3n) is 2.97. The van der Waals surface area contributed by atoms with Gasteiger partial charge in [-0.25, -0.2) is 4.79 Å². The second-order valence-corrected chi connectivity index (χ2v) is 5.13. The first-order valence-electron chi connectivity index (χ1n) is 6.24. The molecule has 0 radical (unpaired) electrons. The summed E-state index contributed by atoms with van der Waals surface area (Å²) in [5.41, 5.74) is 1.28. The summed E-state index contributed by atoms with van der Waals surface area (Å²) in [7, 11) is 0. The van der Waals surface area contributed by atoms with E-state index < -0.39 is 0 Å². The molecule has 2 rings (SSSR count). The van der Waals surface area contributed by atoms with E-state index in [0.29, 0.717) is 5.92 Å². The van der Waals surface area contributed by atoms with Crippen LogP contribution in [0.4, 0.5) is 4.79 Å². The molecule has 1 aromatic rings. The Morgan fingerprint density at radius 2 is 2.06 bits per heavy atom. The number of nitrogens with zero attached hydrogens (tertiary/aromatic N) is 1. The number of nitrogens with one attached hydrogen (secondary N) is 1. The topological polar surface area (TPSA) is 32.3 Å². The predicted molar refractivity (Wildman–Crippen MR) is 68.9 cm³/mol. The zero-order valence-corrected chi connectivity index (χ0v) is 10.5. The third kappa shape index (κ3) is 3.22. The van der Waals surface area contributed by atoms with Crippen LogP contribution >= 0.6 is 0 Å². The summed E-state index contributed by atoms with van der Waals surface area (Å²) in [6.45, 7) is 5.94. The van der Waals surface area contributed by atoms with Crippen LogP contribution < -0.4 is 5.32 Å². The molecule has 1 aliphatic rings. The molecule has 0 bridgehead atoms. The molecule has 2 amide bonds. The fourth-order valence-corrected chi connectivity index (χ4v) is 2.27. The molecule has 1 aliphatic heterocycles. The van der Waals surface area contributed by atoms with Crippen molar-refractivity contribution in [3.8, 4) is 0 Å². The maximum atomic E-state index is 11.7. The number of carbonyl (C=O) groups excluding carboxylic acids is 1. The van der Waals surface area contributed by atoms with Crippen molar-refractivity contribution in [2.75, 3.05) is 13.1 Å². The molecule has 1 N–H and O–H groups in total. The van der Waals surface area contributed by atoms with Crippen molar-refractivity contribution in [2.45, 2.75) is 26.3 Å². The molecule has 1 heterocycles. The van der Waals surface area contributed by atoms with Crippen LogP contribution in [0.3, 0.4) is 0 Å². The quantitative estimate of drug-likeness (QED) is 0.848. The van der Waals surface area contributed by atoms with Crippen molar-refractivity contribution in [3.63, 3.8) is 0 Å². The summed E-state index contributed by atoms with van der Waals surface area (Å²) in [6.07, 6.45) is 0.918. The van der Waals surface area contributed by atoms with Crippen LogP contribution in [-0.4, -0.2) is 30.1 Å².